The summed E-state index contributed by atoms with van der Waals surface area (Å²) in [7, 11) is 1.51. The van der Waals surface area contributed by atoms with Gasteiger partial charge in [0.15, 0.2) is 0 Å². The second-order valence-electron chi connectivity index (χ2n) is 6.93. The number of hydrogen-bond donors (Lipinski definition) is 3. The molecular formula is C23H22N4O5. The van der Waals surface area contributed by atoms with Crippen molar-refractivity contribution in [2.24, 2.45) is 0 Å². The summed E-state index contributed by atoms with van der Waals surface area (Å²) in [5, 5.41) is 19.7. The third kappa shape index (κ3) is 3.87. The van der Waals surface area contributed by atoms with Gasteiger partial charge in [-0.3, -0.25) is 4.79 Å². The van der Waals surface area contributed by atoms with Crippen molar-refractivity contribution in [1.82, 2.24) is 9.78 Å². The highest BCUT2D eigenvalue weighted by Crippen LogP contribution is 2.36. The zero-order chi connectivity index (χ0) is 22.7. The molecule has 1 aliphatic rings. The Morgan fingerprint density at radius 2 is 1.88 bits per heavy atom. The molecule has 0 aliphatic carbocycles. The van der Waals surface area contributed by atoms with Crippen LogP contribution >= 0.6 is 0 Å². The molecule has 3 N–H and O–H groups in total. The first-order valence-corrected chi connectivity index (χ1v) is 9.99. The van der Waals surface area contributed by atoms with Crippen LogP contribution in [0, 0.1) is 0 Å². The molecule has 32 heavy (non-hydrogen) atoms. The number of nitrogens with one attached hydrogen (secondary N) is 2. The Balaban J connectivity index is 1.75. The number of carboxylic acid groups (broad SMARTS) is 1. The number of aromatic nitrogens is 2. The molecule has 1 atom stereocenters. The van der Waals surface area contributed by atoms with E-state index in [1.54, 1.807) is 35.0 Å². The molecule has 0 saturated carbocycles. The molecule has 4 rings (SSSR count). The average molecular weight is 434 g/mol. The standard InChI is InChI=1S/C23H22N4O5/c1-3-32-19-10-6-4-8-14(19)18-12-17(23(29)30)25-21-15(13-24-27(18)21)22(28)26-16-9-5-7-11-20(16)31-2/h4-13,18,25H,3H2,1-2H3,(H,26,28)(H,29,30). The molecule has 1 aromatic heterocycles. The van der Waals surface area contributed by atoms with E-state index in [4.69, 9.17) is 9.47 Å². The summed E-state index contributed by atoms with van der Waals surface area (Å²) in [6.07, 6.45) is 2.95. The second kappa shape index (κ2) is 8.84. The van der Waals surface area contributed by atoms with Crippen LogP contribution in [0.3, 0.4) is 0 Å². The van der Waals surface area contributed by atoms with Crippen molar-refractivity contribution in [3.63, 3.8) is 0 Å². The number of methoxy groups -OCH3 is 1. The Labute approximate surface area is 184 Å². The highest BCUT2D eigenvalue weighted by Gasteiger charge is 2.31. The first-order valence-electron chi connectivity index (χ1n) is 9.99. The van der Waals surface area contributed by atoms with Crippen LogP contribution in [0.15, 0.2) is 66.5 Å². The molecular weight excluding hydrogens is 412 g/mol. The number of rotatable bonds is 7. The minimum Gasteiger partial charge on any atom is -0.495 e. The summed E-state index contributed by atoms with van der Waals surface area (Å²) in [5.74, 6) is -0.207. The van der Waals surface area contributed by atoms with Gasteiger partial charge in [-0.25, -0.2) is 9.48 Å². The number of fused-ring (bicyclic) bond motifs is 1. The van der Waals surface area contributed by atoms with Gasteiger partial charge in [0.05, 0.1) is 25.6 Å². The van der Waals surface area contributed by atoms with E-state index >= 15 is 0 Å². The van der Waals surface area contributed by atoms with Crippen LogP contribution < -0.4 is 20.1 Å². The number of carbonyl (C=O) groups is 2. The number of carboxylic acids is 1. The van der Waals surface area contributed by atoms with E-state index in [0.717, 1.165) is 5.56 Å². The lowest BCUT2D eigenvalue weighted by Crippen LogP contribution is -2.26. The van der Waals surface area contributed by atoms with Gasteiger partial charge in [-0.15, -0.1) is 0 Å². The van der Waals surface area contributed by atoms with Gasteiger partial charge in [0.25, 0.3) is 5.91 Å². The fraction of sp³-hybridized carbons (Fsp3) is 0.174. The molecule has 0 radical (unpaired) electrons. The van der Waals surface area contributed by atoms with Crippen molar-refractivity contribution in [1.29, 1.82) is 0 Å². The van der Waals surface area contributed by atoms with Crippen LogP contribution in [0.1, 0.15) is 28.9 Å². The fourth-order valence-corrected chi connectivity index (χ4v) is 3.56. The molecule has 9 heteroatoms. The Kier molecular flexibility index (Phi) is 5.80. The molecule has 3 aromatic rings. The Bertz CT molecular complexity index is 1200. The summed E-state index contributed by atoms with van der Waals surface area (Å²) in [5.41, 5.74) is 1.36. The van der Waals surface area contributed by atoms with Crippen molar-refractivity contribution in [2.45, 2.75) is 13.0 Å². The molecule has 0 bridgehead atoms. The number of amides is 1. The van der Waals surface area contributed by atoms with E-state index in [9.17, 15) is 14.7 Å². The van der Waals surface area contributed by atoms with Crippen LogP contribution in [0.25, 0.3) is 0 Å². The predicted octanol–water partition coefficient (Wildman–Crippen LogP) is 3.53. The molecule has 1 aliphatic heterocycles. The van der Waals surface area contributed by atoms with Gasteiger partial charge in [-0.1, -0.05) is 30.3 Å². The Morgan fingerprint density at radius 3 is 2.59 bits per heavy atom. The van der Waals surface area contributed by atoms with E-state index in [0.29, 0.717) is 23.8 Å². The maximum Gasteiger partial charge on any atom is 0.352 e. The number of benzene rings is 2. The molecule has 0 fully saturated rings. The number of para-hydroxylation sites is 3. The van der Waals surface area contributed by atoms with Gasteiger partial charge in [0, 0.05) is 5.56 Å². The van der Waals surface area contributed by atoms with Crippen LogP contribution in [0.4, 0.5) is 11.5 Å². The monoisotopic (exact) mass is 434 g/mol. The van der Waals surface area contributed by atoms with Crippen molar-refractivity contribution < 1.29 is 24.2 Å². The van der Waals surface area contributed by atoms with E-state index < -0.39 is 17.9 Å². The summed E-state index contributed by atoms with van der Waals surface area (Å²) >= 11 is 0. The van der Waals surface area contributed by atoms with Crippen LogP contribution in [0.2, 0.25) is 0 Å². The van der Waals surface area contributed by atoms with Gasteiger partial charge < -0.3 is 25.2 Å². The van der Waals surface area contributed by atoms with E-state index in [1.165, 1.54) is 13.3 Å². The Hall–Kier alpha value is -4.27. The van der Waals surface area contributed by atoms with Gasteiger partial charge in [-0.2, -0.15) is 5.10 Å². The molecule has 0 saturated heterocycles. The second-order valence-corrected chi connectivity index (χ2v) is 6.93. The molecule has 164 valence electrons. The number of aliphatic carboxylic acids is 1. The lowest BCUT2D eigenvalue weighted by Gasteiger charge is -2.25. The van der Waals surface area contributed by atoms with Crippen molar-refractivity contribution >= 4 is 23.4 Å². The molecule has 9 nitrogen and oxygen atoms in total. The summed E-state index contributed by atoms with van der Waals surface area (Å²) < 4.78 is 12.6. The number of allylic oxidation sites excluding steroid dienone is 1. The topological polar surface area (TPSA) is 115 Å². The zero-order valence-corrected chi connectivity index (χ0v) is 17.5. The summed E-state index contributed by atoms with van der Waals surface area (Å²) in [6, 6.07) is 13.8. The maximum absolute atomic E-state index is 13.1. The number of carbonyl (C=O) groups excluding carboxylic acids is 1. The van der Waals surface area contributed by atoms with E-state index in [1.807, 2.05) is 31.2 Å². The van der Waals surface area contributed by atoms with Crippen LogP contribution in [-0.4, -0.2) is 40.5 Å². The quantitative estimate of drug-likeness (QED) is 0.521. The molecule has 2 aromatic carbocycles. The van der Waals surface area contributed by atoms with E-state index in [-0.39, 0.29) is 17.1 Å². The van der Waals surface area contributed by atoms with Gasteiger partial charge in [0.2, 0.25) is 0 Å². The third-order valence-electron chi connectivity index (χ3n) is 5.00. The van der Waals surface area contributed by atoms with Crippen LogP contribution in [0.5, 0.6) is 11.5 Å². The first kappa shape index (κ1) is 21.0. The molecule has 0 spiro atoms. The maximum atomic E-state index is 13.1. The minimum atomic E-state index is -1.15. The fourth-order valence-electron chi connectivity index (χ4n) is 3.56. The SMILES string of the molecule is CCOc1ccccc1C1C=C(C(=O)O)Nc2c(C(=O)Nc3ccccc3OC)cnn21. The predicted molar refractivity (Wildman–Crippen MR) is 118 cm³/mol. The first-order chi connectivity index (χ1) is 15.5. The number of nitrogens with zero attached hydrogens (tertiary/aromatic N) is 2. The van der Waals surface area contributed by atoms with Crippen molar-refractivity contribution in [2.75, 3.05) is 24.4 Å². The number of anilines is 2. The summed E-state index contributed by atoms with van der Waals surface area (Å²) in [6.45, 7) is 2.33. The molecule has 1 amide bonds. The summed E-state index contributed by atoms with van der Waals surface area (Å²) in [4.78, 5) is 24.9. The lowest BCUT2D eigenvalue weighted by atomic mass is 10.0. The normalized spacial score (nSPS) is 14.6. The van der Waals surface area contributed by atoms with Gasteiger partial charge >= 0.3 is 5.97 Å². The Morgan fingerprint density at radius 1 is 1.16 bits per heavy atom. The van der Waals surface area contributed by atoms with E-state index in [2.05, 4.69) is 15.7 Å². The highest BCUT2D eigenvalue weighted by atomic mass is 16.5. The number of hydrogen-bond acceptors (Lipinski definition) is 6. The smallest absolute Gasteiger partial charge is 0.352 e. The average Bonchev–Trinajstić information content (AvgIpc) is 3.24. The molecule has 1 unspecified atom stereocenters. The largest absolute Gasteiger partial charge is 0.495 e. The van der Waals surface area contributed by atoms with Gasteiger partial charge in [0.1, 0.15) is 34.6 Å². The van der Waals surface area contributed by atoms with Gasteiger partial charge in [-0.05, 0) is 31.2 Å². The lowest BCUT2D eigenvalue weighted by molar-refractivity contribution is -0.132. The highest BCUT2D eigenvalue weighted by molar-refractivity contribution is 6.09. The zero-order valence-electron chi connectivity index (χ0n) is 17.5. The van der Waals surface area contributed by atoms with Crippen molar-refractivity contribution in [3.05, 3.63) is 77.6 Å². The van der Waals surface area contributed by atoms with Crippen molar-refractivity contribution in [3.8, 4) is 11.5 Å². The van der Waals surface area contributed by atoms with Crippen LogP contribution in [-0.2, 0) is 4.79 Å². The number of ether oxygens (including phenoxy) is 2. The minimum absolute atomic E-state index is 0.0550. The third-order valence-corrected chi connectivity index (χ3v) is 5.00. The molecule has 2 heterocycles.